The molecule has 15 heavy (non-hydrogen) atoms. The van der Waals surface area contributed by atoms with Crippen molar-refractivity contribution in [2.75, 3.05) is 13.1 Å². The van der Waals surface area contributed by atoms with Crippen LogP contribution >= 0.6 is 0 Å². The summed E-state index contributed by atoms with van der Waals surface area (Å²) in [6.07, 6.45) is 2.80. The maximum absolute atomic E-state index is 11.1. The van der Waals surface area contributed by atoms with Gasteiger partial charge in [-0.15, -0.1) is 0 Å². The van der Waals surface area contributed by atoms with Crippen LogP contribution in [0.25, 0.3) is 0 Å². The van der Waals surface area contributed by atoms with Crippen LogP contribution in [0, 0.1) is 0 Å². The first-order valence-corrected chi connectivity index (χ1v) is 4.63. The van der Waals surface area contributed by atoms with Crippen LogP contribution < -0.4 is 5.32 Å². The van der Waals surface area contributed by atoms with E-state index >= 15 is 0 Å². The predicted molar refractivity (Wildman–Crippen MR) is 55.5 cm³/mol. The summed E-state index contributed by atoms with van der Waals surface area (Å²) in [4.78, 5) is 21.2. The highest BCUT2D eigenvalue weighted by Crippen LogP contribution is 2.06. The largest absolute Gasteiger partial charge is 0.480 e. The van der Waals surface area contributed by atoms with E-state index in [4.69, 9.17) is 9.84 Å². The molecule has 0 aromatic rings. The van der Waals surface area contributed by atoms with E-state index < -0.39 is 17.5 Å². The number of hydrogen-bond acceptors (Lipinski definition) is 4. The standard InChI is InChI=1S/C10H17NO4/c1-10(2,3)15-9(14)5-4-6-11-7-8(12)13/h4-5,11H,6-7H2,1-3H3,(H,12,13). The van der Waals surface area contributed by atoms with Gasteiger partial charge in [-0.3, -0.25) is 4.79 Å². The molecule has 0 aliphatic rings. The molecule has 0 amide bonds. The van der Waals surface area contributed by atoms with Crippen molar-refractivity contribution in [3.05, 3.63) is 12.2 Å². The molecule has 0 saturated heterocycles. The van der Waals surface area contributed by atoms with Gasteiger partial charge in [-0.05, 0) is 20.8 Å². The van der Waals surface area contributed by atoms with Gasteiger partial charge in [0, 0.05) is 12.6 Å². The van der Waals surface area contributed by atoms with Crippen molar-refractivity contribution in [3.63, 3.8) is 0 Å². The Kier molecular flexibility index (Phi) is 5.62. The summed E-state index contributed by atoms with van der Waals surface area (Å²) in [5, 5.41) is 10.9. The third-order valence-electron chi connectivity index (χ3n) is 1.20. The molecule has 0 radical (unpaired) electrons. The molecule has 86 valence electrons. The molecule has 0 rings (SSSR count). The monoisotopic (exact) mass is 215 g/mol. The first-order valence-electron chi connectivity index (χ1n) is 4.63. The molecule has 0 aromatic carbocycles. The van der Waals surface area contributed by atoms with Gasteiger partial charge in [0.25, 0.3) is 0 Å². The van der Waals surface area contributed by atoms with E-state index in [1.54, 1.807) is 20.8 Å². The van der Waals surface area contributed by atoms with Crippen LogP contribution in [0.4, 0.5) is 0 Å². The number of nitrogens with one attached hydrogen (secondary N) is 1. The molecule has 0 atom stereocenters. The topological polar surface area (TPSA) is 75.6 Å². The molecule has 0 heterocycles. The lowest BCUT2D eigenvalue weighted by atomic mass is 10.2. The van der Waals surface area contributed by atoms with Gasteiger partial charge < -0.3 is 15.2 Å². The molecule has 0 bridgehead atoms. The molecule has 2 N–H and O–H groups in total. The molecule has 0 aliphatic heterocycles. The van der Waals surface area contributed by atoms with Gasteiger partial charge in [0.05, 0.1) is 6.54 Å². The Hall–Kier alpha value is -1.36. The Bertz CT molecular complexity index is 253. The molecule has 0 aliphatic carbocycles. The van der Waals surface area contributed by atoms with Gasteiger partial charge in [-0.25, -0.2) is 4.79 Å². The highest BCUT2D eigenvalue weighted by molar-refractivity contribution is 5.82. The number of carboxylic acid groups (broad SMARTS) is 1. The van der Waals surface area contributed by atoms with Crippen molar-refractivity contribution in [3.8, 4) is 0 Å². The molecule has 0 spiro atoms. The average Bonchev–Trinajstić information content (AvgIpc) is 1.99. The van der Waals surface area contributed by atoms with E-state index in [0.29, 0.717) is 6.54 Å². The third-order valence-corrected chi connectivity index (χ3v) is 1.20. The number of carboxylic acids is 1. The lowest BCUT2D eigenvalue weighted by Crippen LogP contribution is -2.24. The van der Waals surface area contributed by atoms with Crippen LogP contribution in [-0.4, -0.2) is 35.7 Å². The van der Waals surface area contributed by atoms with E-state index in [1.165, 1.54) is 12.2 Å². The highest BCUT2D eigenvalue weighted by atomic mass is 16.6. The van der Waals surface area contributed by atoms with Gasteiger partial charge in [-0.2, -0.15) is 0 Å². The van der Waals surface area contributed by atoms with Crippen LogP contribution in [0.15, 0.2) is 12.2 Å². The van der Waals surface area contributed by atoms with Crippen molar-refractivity contribution in [2.24, 2.45) is 0 Å². The van der Waals surface area contributed by atoms with Crippen LogP contribution in [0.2, 0.25) is 0 Å². The quantitative estimate of drug-likeness (QED) is 0.398. The van der Waals surface area contributed by atoms with E-state index in [9.17, 15) is 9.59 Å². The summed E-state index contributed by atoms with van der Waals surface area (Å²) in [6, 6.07) is 0. The zero-order chi connectivity index (χ0) is 11.9. The number of esters is 1. The van der Waals surface area contributed by atoms with Crippen molar-refractivity contribution in [2.45, 2.75) is 26.4 Å². The smallest absolute Gasteiger partial charge is 0.330 e. The van der Waals surface area contributed by atoms with E-state index in [2.05, 4.69) is 5.32 Å². The maximum Gasteiger partial charge on any atom is 0.330 e. The number of carbonyl (C=O) groups is 2. The minimum absolute atomic E-state index is 0.126. The fraction of sp³-hybridized carbons (Fsp3) is 0.600. The number of hydrogen-bond donors (Lipinski definition) is 2. The zero-order valence-corrected chi connectivity index (χ0v) is 9.24. The van der Waals surface area contributed by atoms with Gasteiger partial charge in [0.2, 0.25) is 0 Å². The summed E-state index contributed by atoms with van der Waals surface area (Å²) < 4.78 is 5.00. The van der Waals surface area contributed by atoms with Crippen LogP contribution in [0.3, 0.4) is 0 Å². The summed E-state index contributed by atoms with van der Waals surface area (Å²) in [5.41, 5.74) is -0.504. The second kappa shape index (κ2) is 6.19. The zero-order valence-electron chi connectivity index (χ0n) is 9.24. The molecule has 0 fully saturated rings. The second-order valence-corrected chi connectivity index (χ2v) is 3.96. The summed E-state index contributed by atoms with van der Waals surface area (Å²) in [5.74, 6) is -1.36. The van der Waals surface area contributed by atoms with Gasteiger partial charge >= 0.3 is 11.9 Å². The molecular formula is C10H17NO4. The fourth-order valence-corrected chi connectivity index (χ4v) is 0.753. The summed E-state index contributed by atoms with van der Waals surface area (Å²) in [6.45, 7) is 5.54. The van der Waals surface area contributed by atoms with Gasteiger partial charge in [0.15, 0.2) is 0 Å². The normalized spacial score (nSPS) is 11.7. The van der Waals surface area contributed by atoms with Crippen molar-refractivity contribution in [1.29, 1.82) is 0 Å². The Labute approximate surface area is 89.1 Å². The lowest BCUT2D eigenvalue weighted by molar-refractivity contribution is -0.148. The highest BCUT2D eigenvalue weighted by Gasteiger charge is 2.13. The Morgan fingerprint density at radius 3 is 2.47 bits per heavy atom. The molecule has 5 nitrogen and oxygen atoms in total. The molecular weight excluding hydrogens is 198 g/mol. The number of aliphatic carboxylic acids is 1. The van der Waals surface area contributed by atoms with Crippen LogP contribution in [0.1, 0.15) is 20.8 Å². The first-order chi connectivity index (χ1) is 6.81. The Morgan fingerprint density at radius 2 is 2.00 bits per heavy atom. The Balaban J connectivity index is 3.69. The number of ether oxygens (including phenoxy) is 1. The fourth-order valence-electron chi connectivity index (χ4n) is 0.753. The summed E-state index contributed by atoms with van der Waals surface area (Å²) >= 11 is 0. The lowest BCUT2D eigenvalue weighted by Gasteiger charge is -2.17. The minimum atomic E-state index is -0.930. The molecule has 0 unspecified atom stereocenters. The SMILES string of the molecule is CC(C)(C)OC(=O)C=CCNCC(=O)O. The van der Waals surface area contributed by atoms with Crippen molar-refractivity contribution in [1.82, 2.24) is 5.32 Å². The van der Waals surface area contributed by atoms with Crippen molar-refractivity contribution < 1.29 is 19.4 Å². The molecule has 5 heteroatoms. The molecule has 0 saturated carbocycles. The Morgan fingerprint density at radius 1 is 1.40 bits per heavy atom. The third kappa shape index (κ3) is 10.6. The predicted octanol–water partition coefficient (Wildman–Crippen LogP) is 0.558. The number of carbonyl (C=O) groups excluding carboxylic acids is 1. The first kappa shape index (κ1) is 13.6. The van der Waals surface area contributed by atoms with Gasteiger partial charge in [0.1, 0.15) is 5.60 Å². The van der Waals surface area contributed by atoms with E-state index in [0.717, 1.165) is 0 Å². The summed E-state index contributed by atoms with van der Waals surface area (Å²) in [7, 11) is 0. The second-order valence-electron chi connectivity index (χ2n) is 3.96. The van der Waals surface area contributed by atoms with Gasteiger partial charge in [-0.1, -0.05) is 6.08 Å². The number of rotatable bonds is 5. The van der Waals surface area contributed by atoms with Crippen LogP contribution in [-0.2, 0) is 14.3 Å². The van der Waals surface area contributed by atoms with Crippen molar-refractivity contribution >= 4 is 11.9 Å². The van der Waals surface area contributed by atoms with E-state index in [-0.39, 0.29) is 6.54 Å². The minimum Gasteiger partial charge on any atom is -0.480 e. The van der Waals surface area contributed by atoms with E-state index in [1.807, 2.05) is 0 Å². The van der Waals surface area contributed by atoms with Crippen LogP contribution in [0.5, 0.6) is 0 Å². The molecule has 0 aromatic heterocycles. The maximum atomic E-state index is 11.1. The average molecular weight is 215 g/mol.